The number of thioether (sulfide) groups is 1. The molecule has 0 heterocycles. The standard InChI is InChI=1S/C27H36N2O5S2.Li/c1-19-8-6-7-11-22(19)24-18-21(36(33,34)28-16-14-20-9-4-3-5-10-20)12-13-23(24)26(30)29-25(27(31)32)15-17-35-2;/h6-8,11-13,18,20,25,28H,3-5,9-10,14-17H2,1-2H3,(H,29,30)(H,31,32);/q;+1/p-1/t25-;/m0./s1. The summed E-state index contributed by atoms with van der Waals surface area (Å²) >= 11 is 1.48. The van der Waals surface area contributed by atoms with Gasteiger partial charge in [-0.05, 0) is 72.6 Å². The largest absolute Gasteiger partial charge is 1.00 e. The summed E-state index contributed by atoms with van der Waals surface area (Å²) in [5.41, 5.74) is 2.21. The van der Waals surface area contributed by atoms with Gasteiger partial charge < -0.3 is 15.2 Å². The third-order valence-electron chi connectivity index (χ3n) is 6.75. The Hall–Kier alpha value is -1.76. The molecule has 0 bridgehead atoms. The van der Waals surface area contributed by atoms with E-state index in [0.29, 0.717) is 29.3 Å². The molecule has 1 aliphatic carbocycles. The molecule has 2 N–H and O–H groups in total. The van der Waals surface area contributed by atoms with Gasteiger partial charge >= 0.3 is 18.9 Å². The zero-order valence-electron chi connectivity index (χ0n) is 21.9. The predicted octanol–water partition coefficient (Wildman–Crippen LogP) is 0.516. The fourth-order valence-corrected chi connectivity index (χ4v) is 6.21. The molecular weight excluding hydrogens is 503 g/mol. The molecule has 1 saturated carbocycles. The van der Waals surface area contributed by atoms with Crippen molar-refractivity contribution in [3.8, 4) is 11.1 Å². The van der Waals surface area contributed by atoms with E-state index in [1.165, 1.54) is 49.2 Å². The number of aryl methyl sites for hydroxylation is 1. The Balaban J connectivity index is 0.00000481. The Labute approximate surface area is 236 Å². The smallest absolute Gasteiger partial charge is 0.548 e. The number of carbonyl (C=O) groups excluding carboxylic acids is 2. The molecule has 0 unspecified atom stereocenters. The van der Waals surface area contributed by atoms with E-state index in [-0.39, 0.29) is 35.7 Å². The van der Waals surface area contributed by atoms with E-state index < -0.39 is 27.9 Å². The zero-order chi connectivity index (χ0) is 26.1. The maximum absolute atomic E-state index is 13.2. The van der Waals surface area contributed by atoms with Crippen molar-refractivity contribution in [3.63, 3.8) is 0 Å². The van der Waals surface area contributed by atoms with Crippen LogP contribution in [0.1, 0.15) is 60.9 Å². The van der Waals surface area contributed by atoms with Crippen LogP contribution in [0.2, 0.25) is 0 Å². The third-order valence-corrected chi connectivity index (χ3v) is 8.85. The van der Waals surface area contributed by atoms with Gasteiger partial charge in [0.15, 0.2) is 0 Å². The molecule has 0 radical (unpaired) electrons. The Morgan fingerprint density at radius 3 is 2.43 bits per heavy atom. The van der Waals surface area contributed by atoms with Crippen LogP contribution in [0.4, 0.5) is 0 Å². The number of amides is 1. The molecule has 2 aromatic rings. The molecule has 1 amide bonds. The molecule has 1 atom stereocenters. The van der Waals surface area contributed by atoms with Crippen molar-refractivity contribution in [2.24, 2.45) is 5.92 Å². The first-order chi connectivity index (χ1) is 17.2. The number of carboxylic acids is 1. The van der Waals surface area contributed by atoms with E-state index in [1.807, 2.05) is 37.4 Å². The van der Waals surface area contributed by atoms with Gasteiger partial charge in [0.25, 0.3) is 5.91 Å². The van der Waals surface area contributed by atoms with Crippen LogP contribution in [0.3, 0.4) is 0 Å². The van der Waals surface area contributed by atoms with Gasteiger partial charge in [-0.2, -0.15) is 11.8 Å². The first kappa shape index (κ1) is 31.5. The molecular formula is C27H35LiN2O5S2. The van der Waals surface area contributed by atoms with Crippen molar-refractivity contribution in [3.05, 3.63) is 53.6 Å². The number of hydrogen-bond donors (Lipinski definition) is 2. The molecule has 2 aromatic carbocycles. The molecule has 0 saturated heterocycles. The van der Waals surface area contributed by atoms with Gasteiger partial charge in [-0.25, -0.2) is 13.1 Å². The summed E-state index contributed by atoms with van der Waals surface area (Å²) in [4.78, 5) is 24.8. The molecule has 0 spiro atoms. The molecule has 7 nitrogen and oxygen atoms in total. The second kappa shape index (κ2) is 15.0. The van der Waals surface area contributed by atoms with Crippen molar-refractivity contribution in [1.82, 2.24) is 10.0 Å². The van der Waals surface area contributed by atoms with Gasteiger partial charge in [0, 0.05) is 12.1 Å². The summed E-state index contributed by atoms with van der Waals surface area (Å²) in [6.07, 6.45) is 8.85. The van der Waals surface area contributed by atoms with E-state index in [1.54, 1.807) is 0 Å². The molecule has 196 valence electrons. The number of rotatable bonds is 12. The van der Waals surface area contributed by atoms with Crippen molar-refractivity contribution >= 4 is 33.7 Å². The van der Waals surface area contributed by atoms with Crippen LogP contribution in [-0.4, -0.2) is 44.9 Å². The van der Waals surface area contributed by atoms with Gasteiger partial charge in [0.05, 0.1) is 16.9 Å². The van der Waals surface area contributed by atoms with Crippen LogP contribution >= 0.6 is 11.8 Å². The topological polar surface area (TPSA) is 115 Å². The van der Waals surface area contributed by atoms with Crippen LogP contribution < -0.4 is 34.0 Å². The number of aliphatic carboxylic acids is 1. The fraction of sp³-hybridized carbons (Fsp3) is 0.481. The average molecular weight is 539 g/mol. The van der Waals surface area contributed by atoms with Crippen molar-refractivity contribution < 1.29 is 42.0 Å². The van der Waals surface area contributed by atoms with Crippen molar-refractivity contribution in [2.45, 2.75) is 62.8 Å². The Bertz CT molecular complexity index is 1170. The fourth-order valence-electron chi connectivity index (χ4n) is 4.66. The summed E-state index contributed by atoms with van der Waals surface area (Å²) in [5, 5.41) is 14.1. The van der Waals surface area contributed by atoms with Crippen LogP contribution in [-0.2, 0) is 14.8 Å². The SMILES string of the molecule is CSCC[C@H](NC(=O)c1ccc(S(=O)(=O)NCCC2CCCCC2)cc1-c1ccccc1C)C(=O)[O-].[Li+]. The summed E-state index contributed by atoms with van der Waals surface area (Å²) < 4.78 is 28.9. The van der Waals surface area contributed by atoms with Gasteiger partial charge in [-0.3, -0.25) is 4.79 Å². The first-order valence-electron chi connectivity index (χ1n) is 12.4. The number of carboxylic acid groups (broad SMARTS) is 1. The maximum Gasteiger partial charge on any atom is 1.00 e. The monoisotopic (exact) mass is 538 g/mol. The normalized spacial score (nSPS) is 15.0. The molecule has 0 aliphatic heterocycles. The van der Waals surface area contributed by atoms with E-state index in [4.69, 9.17) is 0 Å². The summed E-state index contributed by atoms with van der Waals surface area (Å²) in [7, 11) is -3.78. The average Bonchev–Trinajstić information content (AvgIpc) is 2.86. The van der Waals surface area contributed by atoms with E-state index in [2.05, 4.69) is 10.0 Å². The summed E-state index contributed by atoms with van der Waals surface area (Å²) in [5.74, 6) is -0.834. The quantitative estimate of drug-likeness (QED) is 0.381. The zero-order valence-corrected chi connectivity index (χ0v) is 23.6. The molecule has 0 aromatic heterocycles. The molecule has 1 fully saturated rings. The van der Waals surface area contributed by atoms with Gasteiger partial charge in [0.1, 0.15) is 0 Å². The van der Waals surface area contributed by atoms with E-state index >= 15 is 0 Å². The minimum Gasteiger partial charge on any atom is -0.548 e. The van der Waals surface area contributed by atoms with Crippen molar-refractivity contribution in [2.75, 3.05) is 18.6 Å². The minimum atomic E-state index is -3.78. The predicted molar refractivity (Wildman–Crippen MR) is 142 cm³/mol. The summed E-state index contributed by atoms with van der Waals surface area (Å²) in [6, 6.07) is 10.6. The minimum absolute atomic E-state index is 0. The third kappa shape index (κ3) is 8.90. The van der Waals surface area contributed by atoms with Gasteiger partial charge in [-0.15, -0.1) is 0 Å². The Morgan fingerprint density at radius 2 is 1.78 bits per heavy atom. The summed E-state index contributed by atoms with van der Waals surface area (Å²) in [6.45, 7) is 2.25. The van der Waals surface area contributed by atoms with Crippen LogP contribution in [0.15, 0.2) is 47.4 Å². The van der Waals surface area contributed by atoms with Gasteiger partial charge in [0.2, 0.25) is 10.0 Å². The second-order valence-electron chi connectivity index (χ2n) is 9.34. The maximum atomic E-state index is 13.2. The second-order valence-corrected chi connectivity index (χ2v) is 12.1. The number of nitrogens with one attached hydrogen (secondary N) is 2. The van der Waals surface area contributed by atoms with E-state index in [0.717, 1.165) is 24.8 Å². The molecule has 37 heavy (non-hydrogen) atoms. The number of benzene rings is 2. The number of carbonyl (C=O) groups is 2. The van der Waals surface area contributed by atoms with Crippen LogP contribution in [0.5, 0.6) is 0 Å². The van der Waals surface area contributed by atoms with Crippen LogP contribution in [0, 0.1) is 12.8 Å². The molecule has 10 heteroatoms. The van der Waals surface area contributed by atoms with Gasteiger partial charge in [-0.1, -0.05) is 56.4 Å². The molecule has 1 aliphatic rings. The Morgan fingerprint density at radius 1 is 1.08 bits per heavy atom. The first-order valence-corrected chi connectivity index (χ1v) is 15.3. The number of hydrogen-bond acceptors (Lipinski definition) is 6. The van der Waals surface area contributed by atoms with E-state index in [9.17, 15) is 23.1 Å². The van der Waals surface area contributed by atoms with Crippen molar-refractivity contribution in [1.29, 1.82) is 0 Å². The molecule has 3 rings (SSSR count). The van der Waals surface area contributed by atoms with Crippen LogP contribution in [0.25, 0.3) is 11.1 Å². The Kier molecular flexibility index (Phi) is 12.7. The number of sulfonamides is 1.